The third-order valence-corrected chi connectivity index (χ3v) is 10.4. The Labute approximate surface area is 292 Å². The first kappa shape index (κ1) is 35.0. The molecule has 14 heteroatoms. The van der Waals surface area contributed by atoms with E-state index in [0.717, 1.165) is 69.4 Å². The summed E-state index contributed by atoms with van der Waals surface area (Å²) in [6, 6.07) is 9.27. The number of benzene rings is 2. The van der Waals surface area contributed by atoms with Crippen LogP contribution in [0.3, 0.4) is 0 Å². The molecule has 264 valence electrons. The Morgan fingerprint density at radius 1 is 1.06 bits per heavy atom. The molecule has 2 aromatic carbocycles. The molecule has 1 atom stereocenters. The Morgan fingerprint density at radius 3 is 2.35 bits per heavy atom. The minimum atomic E-state index is -0.499. The van der Waals surface area contributed by atoms with Gasteiger partial charge in [0.05, 0.1) is 36.2 Å². The number of rotatable bonds is 11. The van der Waals surface area contributed by atoms with E-state index in [1.165, 1.54) is 37.5 Å². The fraction of sp³-hybridized carbons (Fsp3) is 0.486. The van der Waals surface area contributed by atoms with Crippen LogP contribution in [-0.4, -0.2) is 91.7 Å². The molecule has 4 aliphatic rings. The predicted molar refractivity (Wildman–Crippen MR) is 191 cm³/mol. The number of nitrogens with two attached hydrogens (primary N) is 2. The van der Waals surface area contributed by atoms with Gasteiger partial charge in [-0.3, -0.25) is 19.4 Å². The number of nitrogens with one attached hydrogen (secondary N) is 2. The summed E-state index contributed by atoms with van der Waals surface area (Å²) >= 11 is 6.05. The average molecular weight is 696 g/mol. The van der Waals surface area contributed by atoms with Crippen LogP contribution in [0.1, 0.15) is 50.1 Å². The molecule has 3 heterocycles. The van der Waals surface area contributed by atoms with E-state index in [0.29, 0.717) is 42.0 Å². The Bertz CT molecular complexity index is 1570. The van der Waals surface area contributed by atoms with Gasteiger partial charge in [0.1, 0.15) is 28.9 Å². The van der Waals surface area contributed by atoms with E-state index in [1.807, 2.05) is 6.07 Å². The van der Waals surface area contributed by atoms with Crippen LogP contribution < -0.4 is 32.0 Å². The zero-order valence-corrected chi connectivity index (χ0v) is 28.8. The van der Waals surface area contributed by atoms with Gasteiger partial charge in [-0.1, -0.05) is 30.7 Å². The number of anilines is 2. The number of ether oxygens (including phenoxy) is 1. The van der Waals surface area contributed by atoms with Crippen molar-refractivity contribution in [2.75, 3.05) is 63.2 Å². The molecule has 6 rings (SSSR count). The van der Waals surface area contributed by atoms with Gasteiger partial charge in [0.25, 0.3) is 0 Å². The molecular weight excluding hydrogens is 649 g/mol. The van der Waals surface area contributed by atoms with Crippen LogP contribution in [0, 0.1) is 5.82 Å². The number of nitrogens with zero attached hydrogens (tertiary/aromatic N) is 5. The van der Waals surface area contributed by atoms with Crippen molar-refractivity contribution >= 4 is 40.4 Å². The maximum atomic E-state index is 13.8. The summed E-state index contributed by atoms with van der Waals surface area (Å²) in [6.07, 6.45) is 9.56. The van der Waals surface area contributed by atoms with Crippen molar-refractivity contribution in [3.05, 3.63) is 71.3 Å². The molecular formula is C35H47ClFN9O3. The molecule has 0 aromatic heterocycles. The van der Waals surface area contributed by atoms with E-state index in [9.17, 15) is 9.18 Å². The molecule has 12 nitrogen and oxygen atoms in total. The second-order valence-corrected chi connectivity index (χ2v) is 13.4. The van der Waals surface area contributed by atoms with Crippen LogP contribution in [0.25, 0.3) is 0 Å². The molecule has 2 aromatic rings. The lowest BCUT2D eigenvalue weighted by Crippen LogP contribution is -2.56. The maximum absolute atomic E-state index is 13.8. The number of hydrazine groups is 1. The van der Waals surface area contributed by atoms with Crippen molar-refractivity contribution in [3.8, 4) is 5.75 Å². The monoisotopic (exact) mass is 695 g/mol. The number of aliphatic imine (C=N–C) groups is 1. The van der Waals surface area contributed by atoms with E-state index in [4.69, 9.17) is 32.8 Å². The summed E-state index contributed by atoms with van der Waals surface area (Å²) in [4.78, 5) is 30.7. The predicted octanol–water partition coefficient (Wildman–Crippen LogP) is 4.42. The molecule has 6 N–H and O–H groups in total. The topological polar surface area (TPSA) is 137 Å². The van der Waals surface area contributed by atoms with Gasteiger partial charge in [0, 0.05) is 69.9 Å². The summed E-state index contributed by atoms with van der Waals surface area (Å²) < 4.78 is 19.6. The number of amides is 1. The van der Waals surface area contributed by atoms with Crippen molar-refractivity contribution in [3.63, 3.8) is 0 Å². The van der Waals surface area contributed by atoms with Gasteiger partial charge in [0.2, 0.25) is 5.91 Å². The van der Waals surface area contributed by atoms with E-state index in [1.54, 1.807) is 30.4 Å². The van der Waals surface area contributed by atoms with E-state index in [-0.39, 0.29) is 22.8 Å². The summed E-state index contributed by atoms with van der Waals surface area (Å²) in [5, 5.41) is 4.55. The van der Waals surface area contributed by atoms with E-state index in [2.05, 4.69) is 37.0 Å². The van der Waals surface area contributed by atoms with Gasteiger partial charge in [-0.2, -0.15) is 0 Å². The third kappa shape index (κ3) is 7.97. The van der Waals surface area contributed by atoms with Gasteiger partial charge >= 0.3 is 0 Å². The number of methoxy groups -OCH3 is 1. The molecule has 4 fully saturated rings. The number of amidine groups is 1. The minimum Gasteiger partial charge on any atom is -0.494 e. The molecule has 1 saturated carbocycles. The van der Waals surface area contributed by atoms with Crippen molar-refractivity contribution in [2.24, 2.45) is 16.6 Å². The highest BCUT2D eigenvalue weighted by Gasteiger charge is 2.33. The van der Waals surface area contributed by atoms with Crippen LogP contribution in [0.5, 0.6) is 5.75 Å². The fourth-order valence-corrected chi connectivity index (χ4v) is 7.44. The molecule has 0 bridgehead atoms. The summed E-state index contributed by atoms with van der Waals surface area (Å²) in [5.41, 5.74) is 11.7. The number of hydrogen-bond donors (Lipinski definition) is 4. The second-order valence-electron chi connectivity index (χ2n) is 13.0. The van der Waals surface area contributed by atoms with Gasteiger partial charge in [-0.15, -0.1) is 0 Å². The number of piperidine rings is 1. The maximum Gasteiger partial charge on any atom is 0.247 e. The zero-order chi connectivity index (χ0) is 34.5. The number of hydroxylamine groups is 2. The molecule has 1 amide bonds. The largest absolute Gasteiger partial charge is 0.494 e. The number of carbonyl (C=O) groups excluding carboxylic acids is 1. The first-order valence-electron chi connectivity index (χ1n) is 17.1. The Hall–Kier alpha value is -3.88. The van der Waals surface area contributed by atoms with Crippen LogP contribution in [0.15, 0.2) is 59.9 Å². The molecule has 0 radical (unpaired) electrons. The molecule has 0 spiro atoms. The second kappa shape index (κ2) is 15.8. The number of hydrogen-bond acceptors (Lipinski definition) is 10. The first-order valence-corrected chi connectivity index (χ1v) is 17.4. The summed E-state index contributed by atoms with van der Waals surface area (Å²) in [6.45, 7) is 10.3. The quantitative estimate of drug-likeness (QED) is 0.0879. The first-order chi connectivity index (χ1) is 23.8. The van der Waals surface area contributed by atoms with Gasteiger partial charge in [0.15, 0.2) is 0 Å². The molecule has 3 saturated heterocycles. The van der Waals surface area contributed by atoms with Crippen molar-refractivity contribution in [1.29, 1.82) is 0 Å². The Morgan fingerprint density at radius 2 is 1.76 bits per heavy atom. The van der Waals surface area contributed by atoms with Crippen molar-refractivity contribution < 1.29 is 18.8 Å². The van der Waals surface area contributed by atoms with E-state index >= 15 is 0 Å². The molecule has 49 heavy (non-hydrogen) atoms. The highest BCUT2D eigenvalue weighted by atomic mass is 35.5. The zero-order valence-electron chi connectivity index (χ0n) is 28.0. The SMILES string of the molecule is C=CC(=O)Nc1cc(N=C(N)/C=C(\NN)N2OCC[C@@H]2c2ccc(F)c(Cl)c2)c(OC)cc1N1CCC(N2CCN(C3CCC3)CC2)CC1. The van der Waals surface area contributed by atoms with Crippen molar-refractivity contribution in [2.45, 2.75) is 56.7 Å². The lowest BCUT2D eigenvalue weighted by atomic mass is 9.91. The van der Waals surface area contributed by atoms with Crippen LogP contribution in [0.2, 0.25) is 5.02 Å². The lowest BCUT2D eigenvalue weighted by Gasteiger charge is -2.46. The number of piperazine rings is 1. The standard InChI is InChI=1S/C35H47ClFN9O3/c1-3-35(47)41-28-20-29(40-33(38)22-34(42-39)46-30(11-18-49-46)23-7-8-27(37)26(36)19-23)32(48-2)21-31(28)45-12-9-25(10-13-45)44-16-14-43(15-17-44)24-5-4-6-24/h3,7-8,19-22,24-25,30,42H,1,4-6,9-18,39H2,2H3,(H2,38,40)(H,41,47)/b34-22+/t30-/m1/s1. The van der Waals surface area contributed by atoms with Gasteiger partial charge in [-0.05, 0) is 55.5 Å². The lowest BCUT2D eigenvalue weighted by molar-refractivity contribution is -0.111. The van der Waals surface area contributed by atoms with Gasteiger partial charge < -0.3 is 26.1 Å². The summed E-state index contributed by atoms with van der Waals surface area (Å²) in [7, 11) is 1.57. The third-order valence-electron chi connectivity index (χ3n) is 10.2. The molecule has 0 unspecified atom stereocenters. The van der Waals surface area contributed by atoms with Crippen LogP contribution in [-0.2, 0) is 9.63 Å². The highest BCUT2D eigenvalue weighted by Crippen LogP contribution is 2.40. The average Bonchev–Trinajstić information content (AvgIpc) is 3.58. The highest BCUT2D eigenvalue weighted by molar-refractivity contribution is 6.30. The minimum absolute atomic E-state index is 0.0217. The number of carbonyl (C=O) groups is 1. The van der Waals surface area contributed by atoms with Crippen LogP contribution in [0.4, 0.5) is 21.5 Å². The molecule has 1 aliphatic carbocycles. The Kier molecular flexibility index (Phi) is 11.3. The van der Waals surface area contributed by atoms with Crippen molar-refractivity contribution in [1.82, 2.24) is 20.3 Å². The Balaban J connectivity index is 1.19. The smallest absolute Gasteiger partial charge is 0.247 e. The van der Waals surface area contributed by atoms with E-state index < -0.39 is 5.82 Å². The number of halogens is 2. The fourth-order valence-electron chi connectivity index (χ4n) is 7.25. The molecule has 3 aliphatic heterocycles. The van der Waals surface area contributed by atoms with Gasteiger partial charge in [-0.25, -0.2) is 20.3 Å². The van der Waals surface area contributed by atoms with Crippen LogP contribution >= 0.6 is 11.6 Å². The summed E-state index contributed by atoms with van der Waals surface area (Å²) in [5.74, 6) is 6.00. The normalized spacial score (nSPS) is 21.8.